The van der Waals surface area contributed by atoms with Crippen molar-refractivity contribution in [3.63, 3.8) is 0 Å². The second kappa shape index (κ2) is 6.93. The molecule has 0 aromatic rings. The van der Waals surface area contributed by atoms with Gasteiger partial charge in [-0.25, -0.2) is 0 Å². The third kappa shape index (κ3) is 3.51. The first-order valence-electron chi connectivity index (χ1n) is 9.36. The van der Waals surface area contributed by atoms with Crippen LogP contribution in [0, 0.1) is 34.5 Å². The molecule has 2 fully saturated rings. The maximum Gasteiger partial charge on any atom is 0.293 e. The Kier molecular flexibility index (Phi) is 5.61. The first-order chi connectivity index (χ1) is 10.3. The monoisotopic (exact) mass is 308 g/mol. The third-order valence-electron chi connectivity index (χ3n) is 7.14. The largest absolute Gasteiger partial charge is 0.468 e. The molecule has 0 aliphatic heterocycles. The van der Waals surface area contributed by atoms with Gasteiger partial charge in [0.15, 0.2) is 0 Å². The predicted molar refractivity (Wildman–Crippen MR) is 91.5 cm³/mol. The summed E-state index contributed by atoms with van der Waals surface area (Å²) in [7, 11) is 0. The molecule has 0 aromatic carbocycles. The van der Waals surface area contributed by atoms with Crippen molar-refractivity contribution in [2.24, 2.45) is 34.5 Å². The quantitative estimate of drug-likeness (QED) is 0.609. The van der Waals surface area contributed by atoms with Gasteiger partial charge in [-0.1, -0.05) is 47.5 Å². The molecule has 2 aliphatic carbocycles. The van der Waals surface area contributed by atoms with E-state index >= 15 is 0 Å². The second-order valence-electron chi connectivity index (χ2n) is 9.17. The van der Waals surface area contributed by atoms with Gasteiger partial charge in [-0.2, -0.15) is 0 Å². The topological polar surface area (TPSA) is 26.3 Å². The van der Waals surface area contributed by atoms with Crippen LogP contribution in [0.4, 0.5) is 0 Å². The SMILES string of the molecule is CC(CCC1C(C)CCC2C(C)(C)CCCC12C)COC=O. The minimum atomic E-state index is 0.484. The summed E-state index contributed by atoms with van der Waals surface area (Å²) in [5.41, 5.74) is 1.03. The van der Waals surface area contributed by atoms with Gasteiger partial charge in [0.05, 0.1) is 6.61 Å². The number of ether oxygens (including phenoxy) is 1. The molecule has 0 heterocycles. The molecule has 0 amide bonds. The molecule has 0 bridgehead atoms. The Hall–Kier alpha value is -0.530. The summed E-state index contributed by atoms with van der Waals surface area (Å²) in [6.07, 6.45) is 9.51. The van der Waals surface area contributed by atoms with Gasteiger partial charge < -0.3 is 4.74 Å². The highest BCUT2D eigenvalue weighted by atomic mass is 16.5. The van der Waals surface area contributed by atoms with Crippen molar-refractivity contribution >= 4 is 6.47 Å². The van der Waals surface area contributed by atoms with Crippen LogP contribution >= 0.6 is 0 Å². The molecule has 5 unspecified atom stereocenters. The predicted octanol–water partition coefficient (Wildman–Crippen LogP) is 5.45. The zero-order chi connectivity index (χ0) is 16.4. The van der Waals surface area contributed by atoms with E-state index in [-0.39, 0.29) is 0 Å². The fraction of sp³-hybridized carbons (Fsp3) is 0.950. The average molecular weight is 309 g/mol. The van der Waals surface area contributed by atoms with E-state index in [2.05, 4.69) is 34.6 Å². The molecule has 0 saturated heterocycles. The number of rotatable bonds is 6. The summed E-state index contributed by atoms with van der Waals surface area (Å²) < 4.78 is 4.95. The van der Waals surface area contributed by atoms with E-state index in [9.17, 15) is 4.79 Å². The molecule has 0 aromatic heterocycles. The van der Waals surface area contributed by atoms with Crippen LogP contribution in [0.1, 0.15) is 79.6 Å². The maximum absolute atomic E-state index is 10.4. The fourth-order valence-corrected chi connectivity index (χ4v) is 5.98. The molecule has 2 heteroatoms. The van der Waals surface area contributed by atoms with Crippen molar-refractivity contribution < 1.29 is 9.53 Å². The van der Waals surface area contributed by atoms with E-state index in [1.807, 2.05) is 0 Å². The Morgan fingerprint density at radius 1 is 1.23 bits per heavy atom. The van der Waals surface area contributed by atoms with Crippen LogP contribution in [-0.2, 0) is 9.53 Å². The van der Waals surface area contributed by atoms with Gasteiger partial charge in [0.2, 0.25) is 0 Å². The van der Waals surface area contributed by atoms with Gasteiger partial charge in [-0.15, -0.1) is 0 Å². The van der Waals surface area contributed by atoms with Crippen LogP contribution in [0.5, 0.6) is 0 Å². The molecule has 2 aliphatic rings. The molecular weight excluding hydrogens is 272 g/mol. The second-order valence-corrected chi connectivity index (χ2v) is 9.17. The molecule has 22 heavy (non-hydrogen) atoms. The molecule has 0 spiro atoms. The van der Waals surface area contributed by atoms with E-state index in [4.69, 9.17) is 4.74 Å². The highest BCUT2D eigenvalue weighted by molar-refractivity contribution is 5.36. The van der Waals surface area contributed by atoms with Crippen molar-refractivity contribution in [1.29, 1.82) is 0 Å². The van der Waals surface area contributed by atoms with Gasteiger partial charge in [0.1, 0.15) is 0 Å². The molecule has 2 rings (SSSR count). The summed E-state index contributed by atoms with van der Waals surface area (Å²) in [5, 5.41) is 0. The smallest absolute Gasteiger partial charge is 0.293 e. The lowest BCUT2D eigenvalue weighted by Crippen LogP contribution is -2.51. The minimum Gasteiger partial charge on any atom is -0.468 e. The Morgan fingerprint density at radius 3 is 2.64 bits per heavy atom. The van der Waals surface area contributed by atoms with Gasteiger partial charge in [0, 0.05) is 0 Å². The molecule has 0 N–H and O–H groups in total. The Bertz CT molecular complexity index is 376. The third-order valence-corrected chi connectivity index (χ3v) is 7.14. The normalized spacial score (nSPS) is 38.9. The number of hydrogen-bond donors (Lipinski definition) is 0. The molecule has 2 nitrogen and oxygen atoms in total. The average Bonchev–Trinajstić information content (AvgIpc) is 2.43. The number of carbonyl (C=O) groups excluding carboxylic acids is 1. The summed E-state index contributed by atoms with van der Waals surface area (Å²) in [6.45, 7) is 13.4. The van der Waals surface area contributed by atoms with Crippen LogP contribution in [0.3, 0.4) is 0 Å². The highest BCUT2D eigenvalue weighted by Gasteiger charge is 2.53. The van der Waals surface area contributed by atoms with Crippen LogP contribution < -0.4 is 0 Å². The summed E-state index contributed by atoms with van der Waals surface area (Å²) >= 11 is 0. The van der Waals surface area contributed by atoms with Crippen molar-refractivity contribution in [1.82, 2.24) is 0 Å². The van der Waals surface area contributed by atoms with Crippen molar-refractivity contribution in [3.8, 4) is 0 Å². The molecule has 5 atom stereocenters. The maximum atomic E-state index is 10.4. The van der Waals surface area contributed by atoms with Crippen LogP contribution in [0.15, 0.2) is 0 Å². The lowest BCUT2D eigenvalue weighted by molar-refractivity contribution is -0.130. The van der Waals surface area contributed by atoms with Crippen LogP contribution in [0.25, 0.3) is 0 Å². The summed E-state index contributed by atoms with van der Waals surface area (Å²) in [5.74, 6) is 3.05. The van der Waals surface area contributed by atoms with Crippen molar-refractivity contribution in [2.45, 2.75) is 79.6 Å². The van der Waals surface area contributed by atoms with E-state index in [1.165, 1.54) is 44.9 Å². The van der Waals surface area contributed by atoms with Crippen molar-refractivity contribution in [2.75, 3.05) is 6.61 Å². The van der Waals surface area contributed by atoms with Crippen LogP contribution in [-0.4, -0.2) is 13.1 Å². The fourth-order valence-electron chi connectivity index (χ4n) is 5.98. The minimum absolute atomic E-state index is 0.484. The van der Waals surface area contributed by atoms with Gasteiger partial charge in [-0.3, -0.25) is 4.79 Å². The Balaban J connectivity index is 2.05. The van der Waals surface area contributed by atoms with Crippen molar-refractivity contribution in [3.05, 3.63) is 0 Å². The zero-order valence-corrected chi connectivity index (χ0v) is 15.4. The van der Waals surface area contributed by atoms with E-state index in [1.54, 1.807) is 0 Å². The molecule has 0 radical (unpaired) electrons. The first-order valence-corrected chi connectivity index (χ1v) is 9.36. The molecular formula is C20H36O2. The Labute approximate surface area is 137 Å². The zero-order valence-electron chi connectivity index (χ0n) is 15.4. The number of hydrogen-bond acceptors (Lipinski definition) is 2. The van der Waals surface area contributed by atoms with Gasteiger partial charge >= 0.3 is 0 Å². The van der Waals surface area contributed by atoms with Gasteiger partial charge in [0.25, 0.3) is 6.47 Å². The van der Waals surface area contributed by atoms with E-state index in [0.29, 0.717) is 29.8 Å². The number of carbonyl (C=O) groups is 1. The van der Waals surface area contributed by atoms with E-state index < -0.39 is 0 Å². The van der Waals surface area contributed by atoms with Crippen LogP contribution in [0.2, 0.25) is 0 Å². The summed E-state index contributed by atoms with van der Waals surface area (Å²) in [6, 6.07) is 0. The van der Waals surface area contributed by atoms with Gasteiger partial charge in [-0.05, 0) is 66.6 Å². The number of fused-ring (bicyclic) bond motifs is 1. The highest BCUT2D eigenvalue weighted by Crippen LogP contribution is 2.62. The lowest BCUT2D eigenvalue weighted by atomic mass is 9.46. The van der Waals surface area contributed by atoms with E-state index in [0.717, 1.165) is 17.8 Å². The molecule has 128 valence electrons. The Morgan fingerprint density at radius 2 is 1.95 bits per heavy atom. The summed E-state index contributed by atoms with van der Waals surface area (Å²) in [4.78, 5) is 10.4. The first kappa shape index (κ1) is 17.8. The molecule has 2 saturated carbocycles. The lowest BCUT2D eigenvalue weighted by Gasteiger charge is -2.59. The standard InChI is InChI=1S/C20H36O2/c1-15(13-22-14-21)7-9-17-16(2)8-10-18-19(3,4)11-6-12-20(17,18)5/h14-18H,6-13H2,1-5H3.